The molecule has 1 rings (SSSR count). The Hall–Kier alpha value is -0.910. The summed E-state index contributed by atoms with van der Waals surface area (Å²) >= 11 is 0. The van der Waals surface area contributed by atoms with E-state index in [0.717, 1.165) is 0 Å². The van der Waals surface area contributed by atoms with E-state index in [2.05, 4.69) is 0 Å². The van der Waals surface area contributed by atoms with Gasteiger partial charge in [-0.25, -0.2) is 0 Å². The zero-order valence-corrected chi connectivity index (χ0v) is 7.66. The fraction of sp³-hybridized carbons (Fsp3) is 0.250. The lowest BCUT2D eigenvalue weighted by molar-refractivity contribution is 0.299. The molecular weight excluding hydrogens is 192 g/mol. The third kappa shape index (κ3) is 2.80. The second-order valence-corrected chi connectivity index (χ2v) is 4.02. The van der Waals surface area contributed by atoms with Gasteiger partial charge in [-0.3, -0.25) is 4.55 Å². The molecule has 0 fully saturated rings. The van der Waals surface area contributed by atoms with Gasteiger partial charge in [-0.2, -0.15) is 8.42 Å². The highest BCUT2D eigenvalue weighted by Crippen LogP contribution is 2.11. The number of hydrogen-bond acceptors (Lipinski definition) is 3. The summed E-state index contributed by atoms with van der Waals surface area (Å²) in [7, 11) is -4.13. The Labute approximate surface area is 76.6 Å². The van der Waals surface area contributed by atoms with Crippen LogP contribution in [0.3, 0.4) is 0 Å². The number of aliphatic hydroxyl groups is 1. The van der Waals surface area contributed by atoms with Crippen LogP contribution < -0.4 is 0 Å². The molecule has 0 heterocycles. The van der Waals surface area contributed by atoms with Crippen molar-refractivity contribution in [1.82, 2.24) is 0 Å². The van der Waals surface area contributed by atoms with E-state index in [1.165, 1.54) is 18.2 Å². The standard InChI is InChI=1S/C8H10O4S/c9-5-4-7-2-1-3-8(6-7)13(10,11)12/h1-3,6,9H,4-5H2,(H,10,11,12). The maximum Gasteiger partial charge on any atom is 0.294 e. The van der Waals surface area contributed by atoms with Gasteiger partial charge < -0.3 is 5.11 Å². The number of hydrogen-bond donors (Lipinski definition) is 2. The molecule has 0 radical (unpaired) electrons. The Kier molecular flexibility index (Phi) is 3.02. The second kappa shape index (κ2) is 3.87. The van der Waals surface area contributed by atoms with E-state index in [0.29, 0.717) is 12.0 Å². The molecule has 0 aliphatic carbocycles. The van der Waals surface area contributed by atoms with Crippen molar-refractivity contribution < 1.29 is 18.1 Å². The van der Waals surface area contributed by atoms with Gasteiger partial charge in [0, 0.05) is 6.61 Å². The molecule has 0 amide bonds. The monoisotopic (exact) mass is 202 g/mol. The second-order valence-electron chi connectivity index (χ2n) is 2.60. The Bertz CT molecular complexity index is 383. The molecule has 1 aromatic carbocycles. The highest BCUT2D eigenvalue weighted by atomic mass is 32.2. The molecule has 1 aromatic rings. The smallest absolute Gasteiger partial charge is 0.294 e. The highest BCUT2D eigenvalue weighted by molar-refractivity contribution is 7.85. The summed E-state index contributed by atoms with van der Waals surface area (Å²) in [5.41, 5.74) is 0.678. The molecule has 13 heavy (non-hydrogen) atoms. The lowest BCUT2D eigenvalue weighted by Crippen LogP contribution is -1.99. The SMILES string of the molecule is O=S(=O)(O)c1cccc(CCO)c1. The molecule has 0 saturated heterocycles. The van der Waals surface area contributed by atoms with Gasteiger partial charge in [0.25, 0.3) is 10.1 Å². The van der Waals surface area contributed by atoms with Crippen molar-refractivity contribution >= 4 is 10.1 Å². The van der Waals surface area contributed by atoms with Crippen LogP contribution in [-0.4, -0.2) is 24.7 Å². The van der Waals surface area contributed by atoms with Crippen molar-refractivity contribution in [2.24, 2.45) is 0 Å². The van der Waals surface area contributed by atoms with Crippen LogP contribution in [-0.2, 0) is 16.5 Å². The predicted molar refractivity (Wildman–Crippen MR) is 47.0 cm³/mol. The molecule has 0 aliphatic rings. The largest absolute Gasteiger partial charge is 0.396 e. The summed E-state index contributed by atoms with van der Waals surface area (Å²) < 4.78 is 30.1. The molecule has 0 bridgehead atoms. The zero-order valence-electron chi connectivity index (χ0n) is 6.84. The molecule has 0 unspecified atom stereocenters. The first-order chi connectivity index (χ1) is 6.04. The van der Waals surface area contributed by atoms with Crippen molar-refractivity contribution in [1.29, 1.82) is 0 Å². The summed E-state index contributed by atoms with van der Waals surface area (Å²) in [6, 6.07) is 5.85. The van der Waals surface area contributed by atoms with Crippen molar-refractivity contribution in [3.05, 3.63) is 29.8 Å². The van der Waals surface area contributed by atoms with E-state index in [1.54, 1.807) is 6.07 Å². The third-order valence-corrected chi connectivity index (χ3v) is 2.45. The van der Waals surface area contributed by atoms with Crippen LogP contribution in [0.2, 0.25) is 0 Å². The van der Waals surface area contributed by atoms with Crippen molar-refractivity contribution in [2.45, 2.75) is 11.3 Å². The van der Waals surface area contributed by atoms with Gasteiger partial charge in [-0.05, 0) is 24.1 Å². The zero-order chi connectivity index (χ0) is 9.90. The number of benzene rings is 1. The first kappa shape index (κ1) is 10.2. The van der Waals surface area contributed by atoms with Gasteiger partial charge in [-0.15, -0.1) is 0 Å². The average Bonchev–Trinajstić information content (AvgIpc) is 2.04. The van der Waals surface area contributed by atoms with Gasteiger partial charge in [0.05, 0.1) is 4.90 Å². The first-order valence-electron chi connectivity index (χ1n) is 3.71. The molecule has 0 atom stereocenters. The Balaban J connectivity index is 3.06. The molecule has 72 valence electrons. The van der Waals surface area contributed by atoms with Crippen molar-refractivity contribution in [3.8, 4) is 0 Å². The fourth-order valence-corrected chi connectivity index (χ4v) is 1.54. The van der Waals surface area contributed by atoms with Crippen molar-refractivity contribution in [3.63, 3.8) is 0 Å². The maximum absolute atomic E-state index is 10.7. The molecule has 0 aliphatic heterocycles. The lowest BCUT2D eigenvalue weighted by atomic mass is 10.2. The van der Waals surface area contributed by atoms with E-state index in [1.807, 2.05) is 0 Å². The van der Waals surface area contributed by atoms with E-state index >= 15 is 0 Å². The van der Waals surface area contributed by atoms with Crippen LogP contribution in [0.15, 0.2) is 29.2 Å². The van der Waals surface area contributed by atoms with Crippen LogP contribution in [0.4, 0.5) is 0 Å². The van der Waals surface area contributed by atoms with Gasteiger partial charge in [-0.1, -0.05) is 12.1 Å². The van der Waals surface area contributed by atoms with Crippen LogP contribution in [0.1, 0.15) is 5.56 Å². The number of rotatable bonds is 3. The third-order valence-electron chi connectivity index (χ3n) is 1.60. The lowest BCUT2D eigenvalue weighted by Gasteiger charge is -2.00. The Morgan fingerprint density at radius 3 is 2.54 bits per heavy atom. The van der Waals surface area contributed by atoms with Gasteiger partial charge >= 0.3 is 0 Å². The minimum Gasteiger partial charge on any atom is -0.396 e. The normalized spacial score (nSPS) is 11.5. The first-order valence-corrected chi connectivity index (χ1v) is 5.15. The Morgan fingerprint density at radius 1 is 1.31 bits per heavy atom. The topological polar surface area (TPSA) is 74.6 Å². The van der Waals surface area contributed by atoms with Crippen molar-refractivity contribution in [2.75, 3.05) is 6.61 Å². The molecule has 4 nitrogen and oxygen atoms in total. The predicted octanol–water partition coefficient (Wildman–Crippen LogP) is 0.468. The molecule has 5 heteroatoms. The van der Waals surface area contributed by atoms with Gasteiger partial charge in [0.2, 0.25) is 0 Å². The molecular formula is C8H10O4S. The summed E-state index contributed by atoms with van der Waals surface area (Å²) in [5, 5.41) is 8.60. The summed E-state index contributed by atoms with van der Waals surface area (Å²) in [6.07, 6.45) is 0.378. The summed E-state index contributed by atoms with van der Waals surface area (Å²) in [6.45, 7) is -0.0467. The molecule has 0 spiro atoms. The molecule has 0 saturated carbocycles. The summed E-state index contributed by atoms with van der Waals surface area (Å²) in [5.74, 6) is 0. The highest BCUT2D eigenvalue weighted by Gasteiger charge is 2.08. The average molecular weight is 202 g/mol. The van der Waals surface area contributed by atoms with Gasteiger partial charge in [0.1, 0.15) is 0 Å². The minimum absolute atomic E-state index is 0.0467. The fourth-order valence-electron chi connectivity index (χ4n) is 0.991. The van der Waals surface area contributed by atoms with Crippen LogP contribution in [0.5, 0.6) is 0 Å². The minimum atomic E-state index is -4.13. The van der Waals surface area contributed by atoms with E-state index in [-0.39, 0.29) is 11.5 Å². The quantitative estimate of drug-likeness (QED) is 0.698. The maximum atomic E-state index is 10.7. The van der Waals surface area contributed by atoms with E-state index in [9.17, 15) is 8.42 Å². The summed E-state index contributed by atoms with van der Waals surface area (Å²) in [4.78, 5) is -0.140. The Morgan fingerprint density at radius 2 is 2.00 bits per heavy atom. The number of aliphatic hydroxyl groups excluding tert-OH is 1. The van der Waals surface area contributed by atoms with Crippen LogP contribution in [0.25, 0.3) is 0 Å². The van der Waals surface area contributed by atoms with E-state index < -0.39 is 10.1 Å². The molecule has 0 aromatic heterocycles. The molecule has 2 N–H and O–H groups in total. The van der Waals surface area contributed by atoms with Crippen LogP contribution >= 0.6 is 0 Å². The van der Waals surface area contributed by atoms with E-state index in [4.69, 9.17) is 9.66 Å². The van der Waals surface area contributed by atoms with Gasteiger partial charge in [0.15, 0.2) is 0 Å². The van der Waals surface area contributed by atoms with Crippen LogP contribution in [0, 0.1) is 0 Å².